The van der Waals surface area contributed by atoms with Crippen molar-refractivity contribution in [2.24, 2.45) is 10.9 Å². The molecule has 0 saturated heterocycles. The van der Waals surface area contributed by atoms with E-state index in [1.165, 1.54) is 17.8 Å². The van der Waals surface area contributed by atoms with Gasteiger partial charge in [-0.2, -0.15) is 0 Å². The number of aryl methyl sites for hydroxylation is 1. The molecule has 6 nitrogen and oxygen atoms in total. The monoisotopic (exact) mass is 290 g/mol. The van der Waals surface area contributed by atoms with Gasteiger partial charge < -0.3 is 15.9 Å². The maximum absolute atomic E-state index is 11.3. The number of hydrogen-bond donors (Lipinski definition) is 3. The van der Waals surface area contributed by atoms with Crippen LogP contribution in [-0.2, 0) is 5.75 Å². The molecular formula is C13H14N4O2S. The summed E-state index contributed by atoms with van der Waals surface area (Å²) in [5, 5.41) is 12.2. The summed E-state index contributed by atoms with van der Waals surface area (Å²) in [6, 6.07) is 8.79. The highest BCUT2D eigenvalue weighted by atomic mass is 32.2. The van der Waals surface area contributed by atoms with Crippen molar-refractivity contribution in [2.45, 2.75) is 17.8 Å². The highest BCUT2D eigenvalue weighted by Gasteiger charge is 2.03. The number of oxime groups is 1. The number of amidine groups is 1. The molecule has 1 aromatic heterocycles. The first kappa shape index (κ1) is 14.1. The molecule has 0 aliphatic carbocycles. The summed E-state index contributed by atoms with van der Waals surface area (Å²) in [6.07, 6.45) is 0. The van der Waals surface area contributed by atoms with Crippen LogP contribution in [0.1, 0.15) is 16.8 Å². The topological polar surface area (TPSA) is 104 Å². The van der Waals surface area contributed by atoms with Crippen molar-refractivity contribution in [2.75, 3.05) is 0 Å². The van der Waals surface area contributed by atoms with Crippen molar-refractivity contribution in [3.05, 3.63) is 57.5 Å². The first-order chi connectivity index (χ1) is 9.58. The Kier molecular flexibility index (Phi) is 4.41. The summed E-state index contributed by atoms with van der Waals surface area (Å²) < 4.78 is 0. The van der Waals surface area contributed by atoms with Crippen LogP contribution in [0.3, 0.4) is 0 Å². The number of aromatic nitrogens is 2. The van der Waals surface area contributed by atoms with Gasteiger partial charge in [-0.25, -0.2) is 4.98 Å². The van der Waals surface area contributed by atoms with Gasteiger partial charge in [0.1, 0.15) is 0 Å². The molecule has 1 heterocycles. The number of rotatable bonds is 4. The van der Waals surface area contributed by atoms with E-state index in [0.717, 1.165) is 5.56 Å². The maximum Gasteiger partial charge on any atom is 0.251 e. The zero-order chi connectivity index (χ0) is 14.5. The van der Waals surface area contributed by atoms with E-state index in [2.05, 4.69) is 15.1 Å². The van der Waals surface area contributed by atoms with Crippen LogP contribution in [-0.4, -0.2) is 21.0 Å². The Labute approximate surface area is 119 Å². The maximum atomic E-state index is 11.3. The summed E-state index contributed by atoms with van der Waals surface area (Å²) in [5.74, 6) is 0.692. The first-order valence-electron chi connectivity index (χ1n) is 5.86. The van der Waals surface area contributed by atoms with Crippen LogP contribution in [0.5, 0.6) is 0 Å². The molecule has 0 fully saturated rings. The van der Waals surface area contributed by atoms with E-state index in [-0.39, 0.29) is 11.4 Å². The molecule has 1 aromatic carbocycles. The van der Waals surface area contributed by atoms with Crippen LogP contribution in [0.15, 0.2) is 45.4 Å². The third kappa shape index (κ3) is 3.61. The molecule has 0 atom stereocenters. The minimum Gasteiger partial charge on any atom is -0.409 e. The molecule has 0 amide bonds. The van der Waals surface area contributed by atoms with Crippen LogP contribution < -0.4 is 11.3 Å². The standard InChI is InChI=1S/C13H14N4O2S/c1-8-5-11(18)16-13(15-8)20-7-9-3-2-4-10(6-9)12(14)17-19/h2-6,19H,7H2,1H3,(H2,14,17)(H,15,16,18). The van der Waals surface area contributed by atoms with Gasteiger partial charge in [-0.05, 0) is 18.6 Å². The van der Waals surface area contributed by atoms with Crippen LogP contribution in [0.2, 0.25) is 0 Å². The quantitative estimate of drug-likeness (QED) is 0.197. The summed E-state index contributed by atoms with van der Waals surface area (Å²) in [6.45, 7) is 1.78. The smallest absolute Gasteiger partial charge is 0.251 e. The molecule has 0 unspecified atom stereocenters. The number of nitrogens with zero attached hydrogens (tertiary/aromatic N) is 2. The second kappa shape index (κ2) is 6.25. The van der Waals surface area contributed by atoms with Crippen LogP contribution in [0.4, 0.5) is 0 Å². The Hall–Kier alpha value is -2.28. The lowest BCUT2D eigenvalue weighted by Gasteiger charge is -2.04. The zero-order valence-corrected chi connectivity index (χ0v) is 11.6. The average Bonchev–Trinajstić information content (AvgIpc) is 2.43. The van der Waals surface area contributed by atoms with Crippen LogP contribution >= 0.6 is 11.8 Å². The number of thioether (sulfide) groups is 1. The number of benzene rings is 1. The van der Waals surface area contributed by atoms with Gasteiger partial charge in [-0.3, -0.25) is 4.79 Å². The lowest BCUT2D eigenvalue weighted by Crippen LogP contribution is -2.13. The van der Waals surface area contributed by atoms with Crippen molar-refractivity contribution in [3.63, 3.8) is 0 Å². The molecule has 4 N–H and O–H groups in total. The molecule has 7 heteroatoms. The normalized spacial score (nSPS) is 11.6. The number of nitrogens with one attached hydrogen (secondary N) is 1. The van der Waals surface area contributed by atoms with Crippen molar-refractivity contribution in [1.29, 1.82) is 0 Å². The third-order valence-electron chi connectivity index (χ3n) is 2.55. The highest BCUT2D eigenvalue weighted by Crippen LogP contribution is 2.19. The highest BCUT2D eigenvalue weighted by molar-refractivity contribution is 7.98. The zero-order valence-electron chi connectivity index (χ0n) is 10.8. The van der Waals surface area contributed by atoms with Gasteiger partial charge in [-0.15, -0.1) is 0 Å². The Balaban J connectivity index is 2.13. The summed E-state index contributed by atoms with van der Waals surface area (Å²) >= 11 is 1.42. The largest absolute Gasteiger partial charge is 0.409 e. The molecule has 0 aliphatic rings. The SMILES string of the molecule is Cc1cc(=O)[nH]c(SCc2cccc(/C(N)=N/O)c2)n1. The predicted molar refractivity (Wildman–Crippen MR) is 78.1 cm³/mol. The van der Waals surface area contributed by atoms with Crippen molar-refractivity contribution in [3.8, 4) is 0 Å². The summed E-state index contributed by atoms with van der Waals surface area (Å²) in [5.41, 5.74) is 7.70. The van der Waals surface area contributed by atoms with Gasteiger partial charge in [-0.1, -0.05) is 35.1 Å². The van der Waals surface area contributed by atoms with Crippen LogP contribution in [0, 0.1) is 6.92 Å². The number of aromatic amines is 1. The van der Waals surface area contributed by atoms with Gasteiger partial charge in [0.05, 0.1) is 0 Å². The Morgan fingerprint density at radius 1 is 1.50 bits per heavy atom. The second-order valence-corrected chi connectivity index (χ2v) is 5.13. The van der Waals surface area contributed by atoms with Gasteiger partial charge in [0.25, 0.3) is 5.56 Å². The number of H-pyrrole nitrogens is 1. The van der Waals surface area contributed by atoms with E-state index in [4.69, 9.17) is 10.9 Å². The lowest BCUT2D eigenvalue weighted by atomic mass is 10.1. The Morgan fingerprint density at radius 2 is 2.30 bits per heavy atom. The van der Waals surface area contributed by atoms with Crippen LogP contribution in [0.25, 0.3) is 0 Å². The second-order valence-electron chi connectivity index (χ2n) is 4.17. The number of hydrogen-bond acceptors (Lipinski definition) is 5. The van der Waals surface area contributed by atoms with Gasteiger partial charge in [0.2, 0.25) is 0 Å². The summed E-state index contributed by atoms with van der Waals surface area (Å²) in [7, 11) is 0. The lowest BCUT2D eigenvalue weighted by molar-refractivity contribution is 0.318. The van der Waals surface area contributed by atoms with Gasteiger partial charge >= 0.3 is 0 Å². The molecule has 0 aliphatic heterocycles. The molecule has 2 aromatic rings. The van der Waals surface area contributed by atoms with E-state index in [0.29, 0.717) is 22.2 Å². The fraction of sp³-hybridized carbons (Fsp3) is 0.154. The molecule has 0 radical (unpaired) electrons. The Morgan fingerprint density at radius 3 is 3.00 bits per heavy atom. The first-order valence-corrected chi connectivity index (χ1v) is 6.84. The molecule has 0 spiro atoms. The van der Waals surface area contributed by atoms with Crippen molar-refractivity contribution < 1.29 is 5.21 Å². The minimum atomic E-state index is -0.162. The Bertz CT molecular complexity index is 697. The molecule has 0 bridgehead atoms. The van der Waals surface area contributed by atoms with Crippen molar-refractivity contribution in [1.82, 2.24) is 9.97 Å². The average molecular weight is 290 g/mol. The molecule has 104 valence electrons. The van der Waals surface area contributed by atoms with E-state index in [9.17, 15) is 4.79 Å². The van der Waals surface area contributed by atoms with Crippen molar-refractivity contribution >= 4 is 17.6 Å². The predicted octanol–water partition coefficient (Wildman–Crippen LogP) is 1.47. The van der Waals surface area contributed by atoms with Gasteiger partial charge in [0.15, 0.2) is 11.0 Å². The molecular weight excluding hydrogens is 276 g/mol. The minimum absolute atomic E-state index is 0.0685. The fourth-order valence-corrected chi connectivity index (χ4v) is 2.51. The summed E-state index contributed by atoms with van der Waals surface area (Å²) in [4.78, 5) is 18.3. The van der Waals surface area contributed by atoms with E-state index < -0.39 is 0 Å². The molecule has 20 heavy (non-hydrogen) atoms. The third-order valence-corrected chi connectivity index (χ3v) is 3.50. The van der Waals surface area contributed by atoms with Gasteiger partial charge in [0, 0.05) is 23.1 Å². The molecule has 2 rings (SSSR count). The van der Waals surface area contributed by atoms with E-state index in [1.807, 2.05) is 18.2 Å². The van der Waals surface area contributed by atoms with E-state index in [1.54, 1.807) is 13.0 Å². The number of nitrogens with two attached hydrogens (primary N) is 1. The fourth-order valence-electron chi connectivity index (χ4n) is 1.65. The molecule has 0 saturated carbocycles. The van der Waals surface area contributed by atoms with E-state index >= 15 is 0 Å².